The summed E-state index contributed by atoms with van der Waals surface area (Å²) in [4.78, 5) is 40.9. The highest BCUT2D eigenvalue weighted by atomic mass is 32.1. The number of nitrogens with one attached hydrogen (secondary N) is 2. The molecule has 2 amide bonds. The number of carbonyl (C=O) groups is 3. The number of nitrogens with zero attached hydrogens (tertiary/aromatic N) is 1. The van der Waals surface area contributed by atoms with Crippen LogP contribution < -0.4 is 10.6 Å². The molecule has 0 radical (unpaired) electrons. The van der Waals surface area contributed by atoms with Crippen LogP contribution in [0.25, 0.3) is 21.3 Å². The molecule has 1 aromatic heterocycles. The lowest BCUT2D eigenvalue weighted by atomic mass is 9.98. The summed E-state index contributed by atoms with van der Waals surface area (Å²) in [7, 11) is 0. The van der Waals surface area contributed by atoms with Crippen molar-refractivity contribution < 1.29 is 24.2 Å². The van der Waals surface area contributed by atoms with E-state index in [1.165, 1.54) is 11.3 Å². The first kappa shape index (κ1) is 22.5. The maximum absolute atomic E-state index is 12.8. The lowest BCUT2D eigenvalue weighted by molar-refractivity contribution is -0.139. The minimum absolute atomic E-state index is 0.0588. The molecular formula is C26H21N3O5S. The van der Waals surface area contributed by atoms with Crippen LogP contribution in [-0.4, -0.2) is 40.7 Å². The molecule has 0 bridgehead atoms. The van der Waals surface area contributed by atoms with Crippen molar-refractivity contribution in [2.45, 2.75) is 18.4 Å². The summed E-state index contributed by atoms with van der Waals surface area (Å²) in [6.45, 7) is 0.0588. The van der Waals surface area contributed by atoms with Crippen molar-refractivity contribution in [3.05, 3.63) is 83.4 Å². The van der Waals surface area contributed by atoms with Gasteiger partial charge in [-0.05, 0) is 40.5 Å². The molecule has 1 aliphatic carbocycles. The summed E-state index contributed by atoms with van der Waals surface area (Å²) < 4.78 is 6.35. The Kier molecular flexibility index (Phi) is 6.15. The molecule has 3 aromatic carbocycles. The van der Waals surface area contributed by atoms with Gasteiger partial charge in [0.2, 0.25) is 5.91 Å². The maximum Gasteiger partial charge on any atom is 0.407 e. The number of amides is 2. The third-order valence-electron chi connectivity index (χ3n) is 5.93. The lowest BCUT2D eigenvalue weighted by Gasteiger charge is -2.18. The third kappa shape index (κ3) is 4.71. The first-order chi connectivity index (χ1) is 17.0. The van der Waals surface area contributed by atoms with Crippen LogP contribution in [0, 0.1) is 0 Å². The highest BCUT2D eigenvalue weighted by molar-refractivity contribution is 7.16. The minimum atomic E-state index is -1.31. The van der Waals surface area contributed by atoms with E-state index >= 15 is 0 Å². The number of carboxylic acid groups (broad SMARTS) is 1. The monoisotopic (exact) mass is 487 g/mol. The Hall–Kier alpha value is -4.24. The van der Waals surface area contributed by atoms with Gasteiger partial charge in [0, 0.05) is 11.6 Å². The third-order valence-corrected chi connectivity index (χ3v) is 6.72. The number of aromatic nitrogens is 1. The fourth-order valence-corrected chi connectivity index (χ4v) is 5.04. The van der Waals surface area contributed by atoms with Crippen LogP contribution in [0.5, 0.6) is 0 Å². The number of anilines is 1. The molecule has 8 nitrogen and oxygen atoms in total. The largest absolute Gasteiger partial charge is 0.481 e. The van der Waals surface area contributed by atoms with Crippen molar-refractivity contribution in [1.29, 1.82) is 0 Å². The van der Waals surface area contributed by atoms with Gasteiger partial charge >= 0.3 is 12.1 Å². The molecule has 176 valence electrons. The molecule has 4 aromatic rings. The highest BCUT2D eigenvalue weighted by Gasteiger charge is 2.30. The van der Waals surface area contributed by atoms with E-state index in [0.29, 0.717) is 5.69 Å². The number of thiazole rings is 1. The Bertz CT molecular complexity index is 1390. The zero-order valence-corrected chi connectivity index (χ0v) is 19.2. The van der Waals surface area contributed by atoms with Crippen molar-refractivity contribution in [1.82, 2.24) is 10.3 Å². The van der Waals surface area contributed by atoms with Crippen LogP contribution in [0.15, 0.2) is 72.2 Å². The summed E-state index contributed by atoms with van der Waals surface area (Å²) in [5.74, 6) is -2.02. The highest BCUT2D eigenvalue weighted by Crippen LogP contribution is 2.44. The number of ether oxygens (including phenoxy) is 1. The summed E-state index contributed by atoms with van der Waals surface area (Å²) in [5, 5.41) is 14.3. The van der Waals surface area contributed by atoms with E-state index in [0.717, 1.165) is 32.5 Å². The van der Waals surface area contributed by atoms with Gasteiger partial charge < -0.3 is 20.5 Å². The van der Waals surface area contributed by atoms with Crippen molar-refractivity contribution >= 4 is 45.2 Å². The number of carboxylic acids is 1. The maximum atomic E-state index is 12.8. The second kappa shape index (κ2) is 9.55. The zero-order chi connectivity index (χ0) is 24.4. The van der Waals surface area contributed by atoms with E-state index in [9.17, 15) is 19.5 Å². The normalized spacial score (nSPS) is 13.0. The van der Waals surface area contributed by atoms with E-state index in [-0.39, 0.29) is 12.5 Å². The number of hydrogen-bond donors (Lipinski definition) is 3. The standard InChI is InChI=1S/C26H21N3O5S/c30-24(31)12-22(25(32)28-15-9-10-21-23(11-15)35-14-27-21)29-26(33)34-13-20-18-7-3-1-5-16(18)17-6-2-4-8-19(17)20/h1-11,14,20,22H,12-13H2,(H,28,32)(H,29,33)(H,30,31). The zero-order valence-electron chi connectivity index (χ0n) is 18.4. The summed E-state index contributed by atoms with van der Waals surface area (Å²) in [5.41, 5.74) is 7.28. The Morgan fingerprint density at radius 1 is 1.00 bits per heavy atom. The van der Waals surface area contributed by atoms with Gasteiger partial charge in [-0.25, -0.2) is 9.78 Å². The van der Waals surface area contributed by atoms with Crippen LogP contribution in [0.4, 0.5) is 10.5 Å². The Morgan fingerprint density at radius 3 is 2.37 bits per heavy atom. The summed E-state index contributed by atoms with van der Waals surface area (Å²) >= 11 is 1.42. The van der Waals surface area contributed by atoms with Gasteiger partial charge in [0.1, 0.15) is 12.6 Å². The number of rotatable bonds is 7. The SMILES string of the molecule is O=C(O)CC(NC(=O)OCC1c2ccccc2-c2ccccc21)C(=O)Nc1ccc2ncsc2c1. The van der Waals surface area contributed by atoms with Crippen molar-refractivity contribution in [3.8, 4) is 11.1 Å². The minimum Gasteiger partial charge on any atom is -0.481 e. The molecule has 5 rings (SSSR count). The molecule has 0 aliphatic heterocycles. The van der Waals surface area contributed by atoms with Gasteiger partial charge in [-0.3, -0.25) is 9.59 Å². The van der Waals surface area contributed by atoms with Crippen LogP contribution in [0.3, 0.4) is 0 Å². The predicted octanol–water partition coefficient (Wildman–Crippen LogP) is 4.62. The number of benzene rings is 3. The number of aliphatic carboxylic acids is 1. The molecule has 0 spiro atoms. The van der Waals surface area contributed by atoms with Gasteiger partial charge in [-0.2, -0.15) is 0 Å². The lowest BCUT2D eigenvalue weighted by Crippen LogP contribution is -2.45. The molecule has 3 N–H and O–H groups in total. The second-order valence-corrected chi connectivity index (χ2v) is 9.03. The molecule has 1 atom stereocenters. The Morgan fingerprint density at radius 2 is 1.69 bits per heavy atom. The van der Waals surface area contributed by atoms with Crippen LogP contribution in [0.2, 0.25) is 0 Å². The average Bonchev–Trinajstić information content (AvgIpc) is 3.44. The molecule has 0 saturated carbocycles. The molecule has 1 heterocycles. The fourth-order valence-electron chi connectivity index (χ4n) is 4.33. The second-order valence-electron chi connectivity index (χ2n) is 8.14. The van der Waals surface area contributed by atoms with Crippen LogP contribution in [0.1, 0.15) is 23.5 Å². The molecule has 35 heavy (non-hydrogen) atoms. The Balaban J connectivity index is 1.26. The van der Waals surface area contributed by atoms with Gasteiger partial charge in [0.15, 0.2) is 0 Å². The van der Waals surface area contributed by atoms with Gasteiger partial charge in [-0.1, -0.05) is 48.5 Å². The summed E-state index contributed by atoms with van der Waals surface area (Å²) in [6, 6.07) is 19.7. The van der Waals surface area contributed by atoms with E-state index < -0.39 is 30.4 Å². The van der Waals surface area contributed by atoms with E-state index in [2.05, 4.69) is 15.6 Å². The first-order valence-corrected chi connectivity index (χ1v) is 11.8. The van der Waals surface area contributed by atoms with E-state index in [1.807, 2.05) is 48.5 Å². The van der Waals surface area contributed by atoms with Crippen molar-refractivity contribution in [2.75, 3.05) is 11.9 Å². The van der Waals surface area contributed by atoms with Gasteiger partial charge in [-0.15, -0.1) is 11.3 Å². The van der Waals surface area contributed by atoms with Crippen molar-refractivity contribution in [2.24, 2.45) is 0 Å². The summed E-state index contributed by atoms with van der Waals surface area (Å²) in [6.07, 6.45) is -1.44. The van der Waals surface area contributed by atoms with Gasteiger partial charge in [0.05, 0.1) is 22.1 Å². The topological polar surface area (TPSA) is 118 Å². The predicted molar refractivity (Wildman–Crippen MR) is 132 cm³/mol. The smallest absolute Gasteiger partial charge is 0.407 e. The number of alkyl carbamates (subject to hydrolysis) is 1. The number of carbonyl (C=O) groups excluding carboxylic acids is 2. The van der Waals surface area contributed by atoms with Crippen molar-refractivity contribution in [3.63, 3.8) is 0 Å². The molecular weight excluding hydrogens is 466 g/mol. The van der Waals surface area contributed by atoms with Crippen LogP contribution in [-0.2, 0) is 14.3 Å². The molecule has 0 fully saturated rings. The molecule has 1 unspecified atom stereocenters. The van der Waals surface area contributed by atoms with E-state index in [4.69, 9.17) is 4.74 Å². The quantitative estimate of drug-likeness (QED) is 0.350. The molecule has 0 saturated heterocycles. The Labute approximate surface area is 204 Å². The first-order valence-electron chi connectivity index (χ1n) is 11.0. The number of hydrogen-bond acceptors (Lipinski definition) is 6. The van der Waals surface area contributed by atoms with Gasteiger partial charge in [0.25, 0.3) is 0 Å². The van der Waals surface area contributed by atoms with Crippen LogP contribution >= 0.6 is 11.3 Å². The fraction of sp³-hybridized carbons (Fsp3) is 0.154. The molecule has 9 heteroatoms. The number of fused-ring (bicyclic) bond motifs is 4. The average molecular weight is 488 g/mol. The molecule has 1 aliphatic rings. The van der Waals surface area contributed by atoms with E-state index in [1.54, 1.807) is 23.7 Å².